The van der Waals surface area contributed by atoms with Crippen LogP contribution in [0.3, 0.4) is 0 Å². The topological polar surface area (TPSA) is 77.0 Å². The van der Waals surface area contributed by atoms with Gasteiger partial charge in [-0.2, -0.15) is 0 Å². The zero-order valence-corrected chi connectivity index (χ0v) is 10.2. The molecule has 0 radical (unpaired) electrons. The summed E-state index contributed by atoms with van der Waals surface area (Å²) in [7, 11) is 0. The molecule has 0 aliphatic heterocycles. The number of anilines is 3. The van der Waals surface area contributed by atoms with Crippen molar-refractivity contribution in [2.45, 2.75) is 26.2 Å². The van der Waals surface area contributed by atoms with Crippen LogP contribution in [0.5, 0.6) is 0 Å². The van der Waals surface area contributed by atoms with Gasteiger partial charge in [0.25, 0.3) is 0 Å². The molecule has 0 bridgehead atoms. The normalized spacial score (nSPS) is 11.5. The van der Waals surface area contributed by atoms with Crippen molar-refractivity contribution < 1.29 is 4.42 Å². The Balaban J connectivity index is 2.33. The maximum absolute atomic E-state index is 5.38. The van der Waals surface area contributed by atoms with Gasteiger partial charge in [0, 0.05) is 5.69 Å². The Kier molecular flexibility index (Phi) is 2.75. The minimum atomic E-state index is 0.0369. The van der Waals surface area contributed by atoms with Crippen molar-refractivity contribution in [2.24, 2.45) is 0 Å². The minimum absolute atomic E-state index is 0.0369. The Morgan fingerprint density at radius 3 is 2.47 bits per heavy atom. The molecule has 1 aromatic carbocycles. The zero-order valence-electron chi connectivity index (χ0n) is 10.2. The summed E-state index contributed by atoms with van der Waals surface area (Å²) in [6.45, 7) is 6.45. The molecule has 2 rings (SSSR count). The predicted molar refractivity (Wildman–Crippen MR) is 67.1 cm³/mol. The number of nitrogens with two attached hydrogens (primary N) is 1. The highest BCUT2D eigenvalue weighted by molar-refractivity contribution is 5.59. The molecular weight excluding hydrogens is 216 g/mol. The monoisotopic (exact) mass is 232 g/mol. The first-order valence-electron chi connectivity index (χ1n) is 5.42. The predicted octanol–water partition coefficient (Wildman–Crippen LogP) is 2.69. The van der Waals surface area contributed by atoms with E-state index in [-0.39, 0.29) is 11.4 Å². The molecule has 0 amide bonds. The van der Waals surface area contributed by atoms with Crippen LogP contribution in [0, 0.1) is 0 Å². The third-order valence-electron chi connectivity index (χ3n) is 2.42. The second-order valence-corrected chi connectivity index (χ2v) is 4.87. The van der Waals surface area contributed by atoms with Gasteiger partial charge in [0.2, 0.25) is 0 Å². The van der Waals surface area contributed by atoms with Crippen LogP contribution in [0.4, 0.5) is 17.7 Å². The Hall–Kier alpha value is -2.04. The Bertz CT molecular complexity index is 513. The molecule has 1 aromatic heterocycles. The number of hydrogen-bond donors (Lipinski definition) is 2. The van der Waals surface area contributed by atoms with Crippen LogP contribution in [0.15, 0.2) is 28.7 Å². The zero-order chi connectivity index (χ0) is 12.5. The summed E-state index contributed by atoms with van der Waals surface area (Å²) >= 11 is 0. The molecule has 0 unspecified atom stereocenters. The summed E-state index contributed by atoms with van der Waals surface area (Å²) in [4.78, 5) is 0. The second-order valence-electron chi connectivity index (χ2n) is 4.87. The largest absolute Gasteiger partial charge is 0.389 e. The lowest BCUT2D eigenvalue weighted by Crippen LogP contribution is -2.13. The van der Waals surface area contributed by atoms with Crippen LogP contribution in [0.25, 0.3) is 0 Å². The van der Waals surface area contributed by atoms with Crippen LogP contribution < -0.4 is 11.1 Å². The molecule has 0 atom stereocenters. The van der Waals surface area contributed by atoms with Crippen molar-refractivity contribution >= 4 is 17.7 Å². The maximum atomic E-state index is 5.38. The van der Waals surface area contributed by atoms with E-state index >= 15 is 0 Å². The van der Waals surface area contributed by atoms with E-state index < -0.39 is 0 Å². The van der Waals surface area contributed by atoms with Gasteiger partial charge in [-0.1, -0.05) is 49.2 Å². The number of benzene rings is 1. The van der Waals surface area contributed by atoms with Crippen LogP contribution >= 0.6 is 0 Å². The highest BCUT2D eigenvalue weighted by Gasteiger charge is 2.18. The molecular formula is C12H16N4O. The lowest BCUT2D eigenvalue weighted by Gasteiger charge is -2.22. The molecule has 0 aliphatic rings. The van der Waals surface area contributed by atoms with Gasteiger partial charge < -0.3 is 15.5 Å². The van der Waals surface area contributed by atoms with Gasteiger partial charge in [0.15, 0.2) is 0 Å². The molecule has 17 heavy (non-hydrogen) atoms. The van der Waals surface area contributed by atoms with Crippen molar-refractivity contribution in [3.8, 4) is 0 Å². The Morgan fingerprint density at radius 1 is 1.18 bits per heavy atom. The van der Waals surface area contributed by atoms with E-state index in [1.807, 2.05) is 18.2 Å². The first-order valence-corrected chi connectivity index (χ1v) is 5.42. The molecule has 0 saturated carbocycles. The molecule has 3 N–H and O–H groups in total. The molecule has 0 saturated heterocycles. The number of nitrogens with one attached hydrogen (secondary N) is 1. The number of para-hydroxylation sites is 1. The summed E-state index contributed by atoms with van der Waals surface area (Å²) in [5.41, 5.74) is 7.54. The van der Waals surface area contributed by atoms with Crippen molar-refractivity contribution in [1.82, 2.24) is 10.2 Å². The van der Waals surface area contributed by atoms with Gasteiger partial charge in [0.1, 0.15) is 0 Å². The lowest BCUT2D eigenvalue weighted by atomic mass is 9.86. The van der Waals surface area contributed by atoms with Crippen LogP contribution in [-0.2, 0) is 5.41 Å². The third kappa shape index (κ3) is 2.55. The van der Waals surface area contributed by atoms with Crippen molar-refractivity contribution in [1.29, 1.82) is 0 Å². The molecule has 90 valence electrons. The van der Waals surface area contributed by atoms with Gasteiger partial charge in [-0.25, -0.2) is 0 Å². The Morgan fingerprint density at radius 2 is 1.88 bits per heavy atom. The smallest absolute Gasteiger partial charge is 0.321 e. The van der Waals surface area contributed by atoms with E-state index in [2.05, 4.69) is 42.4 Å². The average Bonchev–Trinajstić information content (AvgIpc) is 2.63. The second kappa shape index (κ2) is 4.08. The third-order valence-corrected chi connectivity index (χ3v) is 2.42. The summed E-state index contributed by atoms with van der Waals surface area (Å²) in [5.74, 6) is 0. The molecule has 5 heteroatoms. The van der Waals surface area contributed by atoms with Crippen molar-refractivity contribution in [3.05, 3.63) is 29.8 Å². The minimum Gasteiger partial charge on any atom is -0.389 e. The van der Waals surface area contributed by atoms with E-state index in [0.717, 1.165) is 5.69 Å². The summed E-state index contributed by atoms with van der Waals surface area (Å²) in [6, 6.07) is 8.37. The molecule has 1 heterocycles. The molecule has 0 aliphatic carbocycles. The first kappa shape index (κ1) is 11.4. The van der Waals surface area contributed by atoms with Crippen molar-refractivity contribution in [3.63, 3.8) is 0 Å². The fraction of sp³-hybridized carbons (Fsp3) is 0.333. The number of nitrogen functional groups attached to an aromatic ring is 1. The van der Waals surface area contributed by atoms with Gasteiger partial charge in [-0.3, -0.25) is 0 Å². The first-order chi connectivity index (χ1) is 7.97. The van der Waals surface area contributed by atoms with Gasteiger partial charge in [-0.05, 0) is 17.0 Å². The number of hydrogen-bond acceptors (Lipinski definition) is 5. The highest BCUT2D eigenvalue weighted by Crippen LogP contribution is 2.30. The fourth-order valence-electron chi connectivity index (χ4n) is 1.65. The van der Waals surface area contributed by atoms with E-state index in [4.69, 9.17) is 10.2 Å². The molecule has 5 nitrogen and oxygen atoms in total. The SMILES string of the molecule is CC(C)(C)c1ccccc1Nc1nnc(N)o1. The van der Waals surface area contributed by atoms with Crippen LogP contribution in [0.2, 0.25) is 0 Å². The molecule has 0 fully saturated rings. The number of aromatic nitrogens is 2. The van der Waals surface area contributed by atoms with Gasteiger partial charge in [0.05, 0.1) is 0 Å². The average molecular weight is 232 g/mol. The van der Waals surface area contributed by atoms with Crippen LogP contribution in [0.1, 0.15) is 26.3 Å². The number of rotatable bonds is 2. The summed E-state index contributed by atoms with van der Waals surface area (Å²) < 4.78 is 5.10. The molecule has 2 aromatic rings. The Labute approximate surface area is 100 Å². The van der Waals surface area contributed by atoms with Crippen LogP contribution in [-0.4, -0.2) is 10.2 Å². The standard InChI is InChI=1S/C12H16N4O/c1-12(2,3)8-6-4-5-7-9(8)14-11-16-15-10(13)17-11/h4-7H,1-3H3,(H2,13,15)(H,14,16). The van der Waals surface area contributed by atoms with Crippen molar-refractivity contribution in [2.75, 3.05) is 11.1 Å². The maximum Gasteiger partial charge on any atom is 0.321 e. The lowest BCUT2D eigenvalue weighted by molar-refractivity contribution is 0.584. The summed E-state index contributed by atoms with van der Waals surface area (Å²) in [5, 5.41) is 10.5. The van der Waals surface area contributed by atoms with Gasteiger partial charge in [-0.15, -0.1) is 0 Å². The van der Waals surface area contributed by atoms with E-state index in [9.17, 15) is 0 Å². The van der Waals surface area contributed by atoms with E-state index in [0.29, 0.717) is 6.01 Å². The summed E-state index contributed by atoms with van der Waals surface area (Å²) in [6.07, 6.45) is 0. The molecule has 0 spiro atoms. The highest BCUT2D eigenvalue weighted by atomic mass is 16.4. The van der Waals surface area contributed by atoms with E-state index in [1.54, 1.807) is 0 Å². The fourth-order valence-corrected chi connectivity index (χ4v) is 1.65. The van der Waals surface area contributed by atoms with E-state index in [1.165, 1.54) is 5.56 Å². The van der Waals surface area contributed by atoms with Gasteiger partial charge >= 0.3 is 12.0 Å². The quantitative estimate of drug-likeness (QED) is 0.832. The number of nitrogens with zero attached hydrogens (tertiary/aromatic N) is 2.